The zero-order valence-corrected chi connectivity index (χ0v) is 21.0. The topological polar surface area (TPSA) is 95.6 Å². The Hall–Kier alpha value is -2.71. The number of rotatable bonds is 5. The molecular formula is C25H33N3O4S. The maximum atomic E-state index is 13.5. The zero-order chi connectivity index (χ0) is 24.6. The van der Waals surface area contributed by atoms with Crippen molar-refractivity contribution in [1.29, 1.82) is 0 Å². The molecule has 0 aliphatic carbocycles. The molecule has 0 spiro atoms. The van der Waals surface area contributed by atoms with E-state index < -0.39 is 16.1 Å². The Morgan fingerprint density at radius 2 is 1.58 bits per heavy atom. The van der Waals surface area contributed by atoms with Crippen LogP contribution in [0.2, 0.25) is 0 Å². The third-order valence-corrected chi connectivity index (χ3v) is 7.80. The molecule has 1 unspecified atom stereocenters. The van der Waals surface area contributed by atoms with Crippen molar-refractivity contribution in [3.05, 3.63) is 58.7 Å². The molecule has 2 aromatic rings. The van der Waals surface area contributed by atoms with Gasteiger partial charge in [-0.15, -0.1) is 0 Å². The fourth-order valence-electron chi connectivity index (χ4n) is 4.32. The lowest BCUT2D eigenvalue weighted by molar-refractivity contribution is -0.119. The molecule has 0 saturated carbocycles. The number of anilines is 1. The largest absolute Gasteiger partial charge is 0.347 e. The molecule has 1 heterocycles. The first kappa shape index (κ1) is 24.9. The van der Waals surface area contributed by atoms with Crippen molar-refractivity contribution in [2.24, 2.45) is 0 Å². The summed E-state index contributed by atoms with van der Waals surface area (Å²) in [5.41, 5.74) is 3.01. The lowest BCUT2D eigenvalue weighted by Crippen LogP contribution is -2.43. The lowest BCUT2D eigenvalue weighted by Gasteiger charge is -2.25. The van der Waals surface area contributed by atoms with E-state index in [2.05, 4.69) is 10.6 Å². The van der Waals surface area contributed by atoms with Crippen LogP contribution >= 0.6 is 0 Å². The van der Waals surface area contributed by atoms with Crippen molar-refractivity contribution in [3.8, 4) is 0 Å². The van der Waals surface area contributed by atoms with Crippen LogP contribution in [0.25, 0.3) is 0 Å². The van der Waals surface area contributed by atoms with Gasteiger partial charge in [0.15, 0.2) is 0 Å². The fourth-order valence-corrected chi connectivity index (χ4v) is 6.40. The highest BCUT2D eigenvalue weighted by Gasteiger charge is 2.40. The number of aryl methyl sites for hydroxylation is 3. The van der Waals surface area contributed by atoms with E-state index in [-0.39, 0.29) is 22.2 Å². The van der Waals surface area contributed by atoms with Gasteiger partial charge in [-0.3, -0.25) is 9.59 Å². The average molecular weight is 472 g/mol. The quantitative estimate of drug-likeness (QED) is 0.691. The Kier molecular flexibility index (Phi) is 7.00. The molecule has 2 amide bonds. The molecule has 1 fully saturated rings. The highest BCUT2D eigenvalue weighted by Crippen LogP contribution is 2.31. The van der Waals surface area contributed by atoms with E-state index in [4.69, 9.17) is 0 Å². The van der Waals surface area contributed by atoms with Crippen LogP contribution in [-0.2, 0) is 14.8 Å². The van der Waals surface area contributed by atoms with Crippen LogP contribution in [0, 0.1) is 20.8 Å². The molecular weight excluding hydrogens is 438 g/mol. The van der Waals surface area contributed by atoms with E-state index in [0.717, 1.165) is 5.56 Å². The highest BCUT2D eigenvalue weighted by molar-refractivity contribution is 7.89. The minimum absolute atomic E-state index is 0.197. The van der Waals surface area contributed by atoms with Gasteiger partial charge in [0, 0.05) is 23.3 Å². The number of carbonyl (C=O) groups excluding carboxylic acids is 2. The average Bonchev–Trinajstić information content (AvgIpc) is 3.17. The first-order valence-electron chi connectivity index (χ1n) is 11.1. The highest BCUT2D eigenvalue weighted by atomic mass is 32.2. The maximum Gasteiger partial charge on any atom is 0.251 e. The number of nitrogens with zero attached hydrogens (tertiary/aromatic N) is 1. The Balaban J connectivity index is 1.77. The molecule has 8 heteroatoms. The molecule has 2 aromatic carbocycles. The predicted octanol–water partition coefficient (Wildman–Crippen LogP) is 3.93. The smallest absolute Gasteiger partial charge is 0.251 e. The van der Waals surface area contributed by atoms with Gasteiger partial charge < -0.3 is 10.6 Å². The second-order valence-corrected chi connectivity index (χ2v) is 11.6. The zero-order valence-electron chi connectivity index (χ0n) is 20.2. The molecule has 0 bridgehead atoms. The van der Waals surface area contributed by atoms with E-state index in [0.29, 0.717) is 41.8 Å². The molecule has 7 nitrogen and oxygen atoms in total. The van der Waals surface area contributed by atoms with Crippen LogP contribution < -0.4 is 10.6 Å². The van der Waals surface area contributed by atoms with Crippen molar-refractivity contribution < 1.29 is 18.0 Å². The summed E-state index contributed by atoms with van der Waals surface area (Å²) >= 11 is 0. The maximum absolute atomic E-state index is 13.5. The van der Waals surface area contributed by atoms with Crippen molar-refractivity contribution in [2.45, 2.75) is 70.9 Å². The van der Waals surface area contributed by atoms with Gasteiger partial charge in [-0.2, -0.15) is 4.31 Å². The fraction of sp³-hybridized carbons (Fsp3) is 0.440. The summed E-state index contributed by atoms with van der Waals surface area (Å²) in [7, 11) is -3.82. The first-order valence-corrected chi connectivity index (χ1v) is 12.6. The number of sulfonamides is 1. The number of nitrogens with one attached hydrogen (secondary N) is 2. The minimum Gasteiger partial charge on any atom is -0.347 e. The summed E-state index contributed by atoms with van der Waals surface area (Å²) in [6.07, 6.45) is 1.08. The van der Waals surface area contributed by atoms with Crippen LogP contribution in [0.5, 0.6) is 0 Å². The second-order valence-electron chi connectivity index (χ2n) is 9.77. The van der Waals surface area contributed by atoms with Crippen LogP contribution in [0.1, 0.15) is 60.7 Å². The monoisotopic (exact) mass is 471 g/mol. The van der Waals surface area contributed by atoms with E-state index >= 15 is 0 Å². The Morgan fingerprint density at radius 3 is 2.12 bits per heavy atom. The van der Waals surface area contributed by atoms with E-state index in [9.17, 15) is 18.0 Å². The Labute approximate surface area is 196 Å². The Morgan fingerprint density at radius 1 is 1.00 bits per heavy atom. The predicted molar refractivity (Wildman–Crippen MR) is 130 cm³/mol. The van der Waals surface area contributed by atoms with Crippen LogP contribution in [0.15, 0.2) is 41.3 Å². The number of carbonyl (C=O) groups is 2. The van der Waals surface area contributed by atoms with Crippen LogP contribution in [0.3, 0.4) is 0 Å². The van der Waals surface area contributed by atoms with Gasteiger partial charge in [0.25, 0.3) is 5.91 Å². The molecule has 1 aliphatic heterocycles. The molecule has 0 radical (unpaired) electrons. The van der Waals surface area contributed by atoms with Crippen molar-refractivity contribution in [2.75, 3.05) is 11.9 Å². The summed E-state index contributed by atoms with van der Waals surface area (Å²) in [5.74, 6) is -0.567. The van der Waals surface area contributed by atoms with Gasteiger partial charge in [0.2, 0.25) is 15.9 Å². The van der Waals surface area contributed by atoms with E-state index in [1.165, 1.54) is 4.31 Å². The van der Waals surface area contributed by atoms with Crippen molar-refractivity contribution >= 4 is 27.5 Å². The number of hydrogen-bond donors (Lipinski definition) is 2. The molecule has 178 valence electrons. The third-order valence-electron chi connectivity index (χ3n) is 5.58. The second kappa shape index (κ2) is 9.27. The summed E-state index contributed by atoms with van der Waals surface area (Å²) in [6.45, 7) is 11.5. The van der Waals surface area contributed by atoms with Crippen molar-refractivity contribution in [1.82, 2.24) is 9.62 Å². The van der Waals surface area contributed by atoms with Crippen LogP contribution in [-0.4, -0.2) is 42.7 Å². The van der Waals surface area contributed by atoms with E-state index in [1.807, 2.05) is 39.8 Å². The van der Waals surface area contributed by atoms with Gasteiger partial charge in [-0.05, 0) is 89.8 Å². The van der Waals surface area contributed by atoms with Gasteiger partial charge in [-0.1, -0.05) is 17.7 Å². The molecule has 3 rings (SSSR count). The van der Waals surface area contributed by atoms with Crippen LogP contribution in [0.4, 0.5) is 5.69 Å². The molecule has 0 aromatic heterocycles. The molecule has 1 aliphatic rings. The summed E-state index contributed by atoms with van der Waals surface area (Å²) in [5, 5.41) is 5.70. The number of amides is 2. The van der Waals surface area contributed by atoms with Gasteiger partial charge in [0.05, 0.1) is 4.90 Å². The van der Waals surface area contributed by atoms with Crippen molar-refractivity contribution in [3.63, 3.8) is 0 Å². The Bertz CT molecular complexity index is 1140. The molecule has 1 saturated heterocycles. The van der Waals surface area contributed by atoms with Gasteiger partial charge in [0.1, 0.15) is 6.04 Å². The summed E-state index contributed by atoms with van der Waals surface area (Å²) in [6, 6.07) is 9.50. The number of hydrogen-bond acceptors (Lipinski definition) is 4. The molecule has 1 atom stereocenters. The lowest BCUT2D eigenvalue weighted by atomic mass is 10.1. The van der Waals surface area contributed by atoms with Gasteiger partial charge >= 0.3 is 0 Å². The summed E-state index contributed by atoms with van der Waals surface area (Å²) < 4.78 is 28.3. The third kappa shape index (κ3) is 5.62. The first-order chi connectivity index (χ1) is 15.3. The molecule has 2 N–H and O–H groups in total. The van der Waals surface area contributed by atoms with E-state index in [1.54, 1.807) is 38.1 Å². The number of benzene rings is 2. The summed E-state index contributed by atoms with van der Waals surface area (Å²) in [4.78, 5) is 25.6. The normalized spacial score (nSPS) is 17.1. The minimum atomic E-state index is -3.82. The standard InChI is InChI=1S/C25H33N3O4S/c1-16-14-17(2)22(18(3)15-16)33(31,32)28-13-7-8-21(28)24(30)26-20-11-9-19(10-12-20)23(29)27-25(4,5)6/h9-12,14-15,21H,7-8,13H2,1-6H3,(H,26,30)(H,27,29). The molecule has 33 heavy (non-hydrogen) atoms. The van der Waals surface area contributed by atoms with Gasteiger partial charge in [-0.25, -0.2) is 8.42 Å². The SMILES string of the molecule is Cc1cc(C)c(S(=O)(=O)N2CCCC2C(=O)Nc2ccc(C(=O)NC(C)(C)C)cc2)c(C)c1.